The lowest BCUT2D eigenvalue weighted by Crippen LogP contribution is -2.75. The summed E-state index contributed by atoms with van der Waals surface area (Å²) in [5.41, 5.74) is -2.84. The van der Waals surface area contributed by atoms with Gasteiger partial charge in [0, 0.05) is 79.5 Å². The van der Waals surface area contributed by atoms with Crippen LogP contribution < -0.4 is 16.0 Å². The van der Waals surface area contributed by atoms with Crippen molar-refractivity contribution >= 4 is 143 Å². The van der Waals surface area contributed by atoms with Crippen LogP contribution in [0.1, 0.15) is 56.7 Å². The summed E-state index contributed by atoms with van der Waals surface area (Å²) in [5, 5.41) is 14.3. The van der Waals surface area contributed by atoms with E-state index >= 15 is 4.79 Å². The van der Waals surface area contributed by atoms with E-state index in [2.05, 4.69) is 54.5 Å². The van der Waals surface area contributed by atoms with E-state index in [1.54, 1.807) is 54.6 Å². The standard InChI is InChI=1S/C51H42BrCl7IN3O4/c1-47(28-7-11-31(52)12-8-28)25-43(61-40-19-33(54)16-34(55)20-40)45(65-47)51(44(62-41-21-35(56)17-36(57)22-41)26-48(2,67-51)30-5-4-6-32(53)15-30)50(63-42-23-37(58)18-38(59)24-42)27-49(3,66-46(50)64)29-9-13-39(60)14-10-29/h4-24,43-45,61-63H,25-27H2,1-3H3. The molecule has 0 spiro atoms. The molecule has 0 saturated carbocycles. The highest BCUT2D eigenvalue weighted by molar-refractivity contribution is 14.1. The summed E-state index contributed by atoms with van der Waals surface area (Å²) in [6.45, 7) is 5.97. The molecule has 9 rings (SSSR count). The highest BCUT2D eigenvalue weighted by Gasteiger charge is 2.78. The first-order valence-electron chi connectivity index (χ1n) is 21.3. The topological polar surface area (TPSA) is 80.9 Å². The molecule has 0 aliphatic carbocycles. The lowest BCUT2D eigenvalue weighted by Gasteiger charge is -2.52. The molecule has 348 valence electrons. The predicted molar refractivity (Wildman–Crippen MR) is 286 cm³/mol. The predicted octanol–water partition coefficient (Wildman–Crippen LogP) is 16.4. The average Bonchev–Trinajstić information content (AvgIpc) is 3.84. The maximum atomic E-state index is 16.2. The number of halogens is 9. The summed E-state index contributed by atoms with van der Waals surface area (Å²) in [6.07, 6.45) is -0.315. The Hall–Kier alpha value is -2.65. The van der Waals surface area contributed by atoms with Gasteiger partial charge in [-0.1, -0.05) is 134 Å². The Labute approximate surface area is 447 Å². The first-order chi connectivity index (χ1) is 31.7. The zero-order valence-corrected chi connectivity index (χ0v) is 45.0. The molecule has 3 N–H and O–H groups in total. The fraction of sp³-hybridized carbons (Fsp3) is 0.275. The summed E-state index contributed by atoms with van der Waals surface area (Å²) < 4.78 is 24.6. The largest absolute Gasteiger partial charge is 0.453 e. The van der Waals surface area contributed by atoms with Crippen LogP contribution in [0.15, 0.2) is 132 Å². The van der Waals surface area contributed by atoms with Crippen LogP contribution in [0.5, 0.6) is 0 Å². The molecule has 3 fully saturated rings. The van der Waals surface area contributed by atoms with Crippen LogP contribution >= 0.6 is 120 Å². The van der Waals surface area contributed by atoms with Gasteiger partial charge in [-0.25, -0.2) is 4.79 Å². The second-order valence-electron chi connectivity index (χ2n) is 18.1. The highest BCUT2D eigenvalue weighted by Crippen LogP contribution is 2.62. The molecule has 3 aliphatic heterocycles. The van der Waals surface area contributed by atoms with Gasteiger partial charge >= 0.3 is 5.97 Å². The molecular formula is C51H42BrCl7IN3O4. The monoisotopic (exact) mass is 1210 g/mol. The number of carbonyl (C=O) groups excluding carboxylic acids is 1. The second kappa shape index (κ2) is 18.8. The number of nitrogens with one attached hydrogen (secondary N) is 3. The lowest BCUT2D eigenvalue weighted by atomic mass is 9.65. The van der Waals surface area contributed by atoms with E-state index in [1.807, 2.05) is 93.6 Å². The molecule has 16 heteroatoms. The number of esters is 1. The minimum Gasteiger partial charge on any atom is -0.453 e. The third-order valence-electron chi connectivity index (χ3n) is 13.2. The third-order valence-corrected chi connectivity index (χ3v) is 16.0. The van der Waals surface area contributed by atoms with Crippen molar-refractivity contribution in [1.29, 1.82) is 0 Å². The molecular weight excluding hydrogens is 1170 g/mol. The first kappa shape index (κ1) is 49.3. The Balaban J connectivity index is 1.37. The molecule has 8 unspecified atom stereocenters. The zero-order valence-electron chi connectivity index (χ0n) is 36.0. The Kier molecular flexibility index (Phi) is 13.9. The molecule has 67 heavy (non-hydrogen) atoms. The van der Waals surface area contributed by atoms with Gasteiger partial charge < -0.3 is 30.2 Å². The van der Waals surface area contributed by atoms with Gasteiger partial charge in [-0.15, -0.1) is 0 Å². The number of rotatable bonds is 11. The first-order valence-corrected chi connectivity index (χ1v) is 25.8. The van der Waals surface area contributed by atoms with Crippen molar-refractivity contribution in [3.05, 3.63) is 187 Å². The fourth-order valence-electron chi connectivity index (χ4n) is 10.4. The van der Waals surface area contributed by atoms with E-state index in [0.29, 0.717) is 58.6 Å². The van der Waals surface area contributed by atoms with Crippen molar-refractivity contribution in [2.45, 2.75) is 86.2 Å². The lowest BCUT2D eigenvalue weighted by molar-refractivity contribution is -0.211. The van der Waals surface area contributed by atoms with E-state index in [0.717, 1.165) is 24.7 Å². The number of ether oxygens (including phenoxy) is 3. The van der Waals surface area contributed by atoms with Crippen molar-refractivity contribution in [2.24, 2.45) is 0 Å². The summed E-state index contributed by atoms with van der Waals surface area (Å²) in [6, 6.07) is 37.7. The molecule has 6 aromatic carbocycles. The van der Waals surface area contributed by atoms with Crippen LogP contribution in [0.4, 0.5) is 17.1 Å². The van der Waals surface area contributed by atoms with E-state index < -0.39 is 52.1 Å². The number of hydrogen-bond acceptors (Lipinski definition) is 7. The number of benzene rings is 6. The molecule has 8 atom stereocenters. The van der Waals surface area contributed by atoms with Crippen LogP contribution in [-0.4, -0.2) is 35.3 Å². The minimum absolute atomic E-state index is 0.0359. The highest BCUT2D eigenvalue weighted by atomic mass is 127. The zero-order chi connectivity index (χ0) is 47.7. The van der Waals surface area contributed by atoms with Gasteiger partial charge in [0.2, 0.25) is 0 Å². The van der Waals surface area contributed by atoms with Crippen molar-refractivity contribution in [3.8, 4) is 0 Å². The Morgan fingerprint density at radius 3 is 1.67 bits per heavy atom. The average molecular weight is 1220 g/mol. The van der Waals surface area contributed by atoms with Gasteiger partial charge in [0.1, 0.15) is 11.7 Å². The second-order valence-corrected chi connectivity index (χ2v) is 23.3. The molecule has 7 nitrogen and oxygen atoms in total. The van der Waals surface area contributed by atoms with Gasteiger partial charge in [0.25, 0.3) is 0 Å². The molecule has 0 amide bonds. The Morgan fingerprint density at radius 1 is 0.582 bits per heavy atom. The number of cyclic esters (lactones) is 1. The van der Waals surface area contributed by atoms with E-state index in [4.69, 9.17) is 95.4 Å². The summed E-state index contributed by atoms with van der Waals surface area (Å²) >= 11 is 53.1. The maximum Gasteiger partial charge on any atom is 0.336 e. The molecule has 0 bridgehead atoms. The van der Waals surface area contributed by atoms with Crippen molar-refractivity contribution < 1.29 is 19.0 Å². The molecule has 3 aliphatic rings. The van der Waals surface area contributed by atoms with Gasteiger partial charge in [-0.2, -0.15) is 0 Å². The van der Waals surface area contributed by atoms with Gasteiger partial charge in [0.05, 0.1) is 23.3 Å². The smallest absolute Gasteiger partial charge is 0.336 e. The van der Waals surface area contributed by atoms with Gasteiger partial charge in [-0.05, 0) is 151 Å². The number of anilines is 3. The quantitative estimate of drug-likeness (QED) is 0.0881. The minimum atomic E-state index is -1.82. The van der Waals surface area contributed by atoms with Crippen molar-refractivity contribution in [3.63, 3.8) is 0 Å². The molecule has 0 radical (unpaired) electrons. The van der Waals surface area contributed by atoms with Crippen LogP contribution in [0, 0.1) is 3.57 Å². The third kappa shape index (κ3) is 9.63. The number of carbonyl (C=O) groups is 1. The van der Waals surface area contributed by atoms with Crippen LogP contribution in [0.2, 0.25) is 35.2 Å². The SMILES string of the molecule is CC1(c2ccc(I)cc2)CC(Nc2cc(Cl)cc(Cl)c2)(C2(C3OC(C)(c4ccc(Br)cc4)CC3Nc3cc(Cl)cc(Cl)c3)OC(C)(c3cccc(Cl)c3)CC2Nc2cc(Cl)cc(Cl)c2)C(=O)O1. The van der Waals surface area contributed by atoms with E-state index in [9.17, 15) is 0 Å². The normalized spacial score (nSPS) is 29.2. The number of hydrogen-bond donors (Lipinski definition) is 3. The molecule has 6 aromatic rings. The summed E-state index contributed by atoms with van der Waals surface area (Å²) in [4.78, 5) is 16.2. The molecule has 0 aromatic heterocycles. The maximum absolute atomic E-state index is 16.2. The summed E-state index contributed by atoms with van der Waals surface area (Å²) in [5.74, 6) is -0.596. The Bertz CT molecular complexity index is 2820. The van der Waals surface area contributed by atoms with Crippen molar-refractivity contribution in [1.82, 2.24) is 0 Å². The summed E-state index contributed by atoms with van der Waals surface area (Å²) in [7, 11) is 0. The van der Waals surface area contributed by atoms with Crippen LogP contribution in [-0.2, 0) is 35.8 Å². The van der Waals surface area contributed by atoms with E-state index in [1.165, 1.54) is 0 Å². The van der Waals surface area contributed by atoms with Gasteiger partial charge in [-0.3, -0.25) is 0 Å². The van der Waals surface area contributed by atoms with Crippen LogP contribution in [0.25, 0.3) is 0 Å². The van der Waals surface area contributed by atoms with Gasteiger partial charge in [0.15, 0.2) is 11.1 Å². The fourth-order valence-corrected chi connectivity index (χ4v) is 12.8. The Morgan fingerprint density at radius 2 is 1.10 bits per heavy atom. The van der Waals surface area contributed by atoms with Crippen molar-refractivity contribution in [2.75, 3.05) is 16.0 Å². The van der Waals surface area contributed by atoms with E-state index in [-0.39, 0.29) is 12.8 Å². The molecule has 3 heterocycles. The van der Waals surface area contributed by atoms with Crippen LogP contribution in [0.3, 0.4) is 0 Å². The molecule has 3 saturated heterocycles.